The summed E-state index contributed by atoms with van der Waals surface area (Å²) in [5.74, 6) is 0.162. The van der Waals surface area contributed by atoms with Crippen LogP contribution in [0.3, 0.4) is 0 Å². The summed E-state index contributed by atoms with van der Waals surface area (Å²) in [6.07, 6.45) is 0.824. The topological polar surface area (TPSA) is 40.5 Å². The molecule has 0 aromatic heterocycles. The number of rotatable bonds is 1. The molecule has 0 aromatic rings. The molecule has 2 nitrogen and oxygen atoms in total. The van der Waals surface area contributed by atoms with E-state index in [0.29, 0.717) is 0 Å². The Hall–Kier alpha value is -0.500. The lowest BCUT2D eigenvalue weighted by Gasteiger charge is -1.91. The Morgan fingerprint density at radius 1 is 1.71 bits per heavy atom. The predicted molar refractivity (Wildman–Crippen MR) is 28.1 cm³/mol. The van der Waals surface area contributed by atoms with Crippen LogP contribution in [0.4, 0.5) is 0 Å². The molecule has 0 aliphatic rings. The molecular formula is C5H10O2. The molecule has 0 aliphatic heterocycles. The highest BCUT2D eigenvalue weighted by molar-refractivity contribution is 4.89. The Morgan fingerprint density at radius 2 is 2.14 bits per heavy atom. The van der Waals surface area contributed by atoms with Crippen molar-refractivity contribution in [2.45, 2.75) is 20.0 Å². The first-order chi connectivity index (χ1) is 3.13. The molecule has 0 fully saturated rings. The highest BCUT2D eigenvalue weighted by atomic mass is 16.3. The molecule has 0 spiro atoms. The molecule has 7 heavy (non-hydrogen) atoms. The van der Waals surface area contributed by atoms with E-state index in [-0.39, 0.29) is 5.76 Å². The third-order valence-corrected chi connectivity index (χ3v) is 0.482. The maximum Gasteiger partial charge on any atom is 0.0877 e. The van der Waals surface area contributed by atoms with Crippen molar-refractivity contribution in [1.29, 1.82) is 0 Å². The van der Waals surface area contributed by atoms with Gasteiger partial charge < -0.3 is 10.2 Å². The number of aliphatic hydroxyl groups excluding tert-OH is 2. The quantitative estimate of drug-likeness (QED) is 0.481. The fourth-order valence-corrected chi connectivity index (χ4v) is 0.349. The number of allylic oxidation sites excluding steroid dienone is 1. The van der Waals surface area contributed by atoms with Gasteiger partial charge in [0.1, 0.15) is 0 Å². The van der Waals surface area contributed by atoms with Gasteiger partial charge in [-0.3, -0.25) is 0 Å². The zero-order valence-corrected chi connectivity index (χ0v) is 4.55. The van der Waals surface area contributed by atoms with Gasteiger partial charge in [0.2, 0.25) is 0 Å². The highest BCUT2D eigenvalue weighted by Gasteiger charge is 1.85. The summed E-state index contributed by atoms with van der Waals surface area (Å²) >= 11 is 0. The smallest absolute Gasteiger partial charge is 0.0877 e. The first-order valence-corrected chi connectivity index (χ1v) is 2.18. The van der Waals surface area contributed by atoms with Crippen LogP contribution in [0, 0.1) is 0 Å². The van der Waals surface area contributed by atoms with Crippen LogP contribution in [0.1, 0.15) is 13.8 Å². The number of hydrogen-bond donors (Lipinski definition) is 2. The second kappa shape index (κ2) is 2.64. The monoisotopic (exact) mass is 102 g/mol. The Balaban J connectivity index is 3.45. The molecular weight excluding hydrogens is 92.1 g/mol. The van der Waals surface area contributed by atoms with Crippen molar-refractivity contribution in [3.05, 3.63) is 11.8 Å². The van der Waals surface area contributed by atoms with Crippen molar-refractivity contribution in [2.75, 3.05) is 0 Å². The van der Waals surface area contributed by atoms with Crippen LogP contribution < -0.4 is 0 Å². The lowest BCUT2D eigenvalue weighted by atomic mass is 10.3. The van der Waals surface area contributed by atoms with Gasteiger partial charge in [-0.2, -0.15) is 0 Å². The van der Waals surface area contributed by atoms with Crippen molar-refractivity contribution in [3.8, 4) is 0 Å². The van der Waals surface area contributed by atoms with Gasteiger partial charge in [0.15, 0.2) is 0 Å². The average molecular weight is 102 g/mol. The molecule has 0 aliphatic carbocycles. The minimum absolute atomic E-state index is 0.162. The van der Waals surface area contributed by atoms with Crippen LogP contribution in [0.25, 0.3) is 0 Å². The maximum absolute atomic E-state index is 8.49. The molecule has 0 unspecified atom stereocenters. The van der Waals surface area contributed by atoms with Crippen molar-refractivity contribution >= 4 is 0 Å². The zero-order chi connectivity index (χ0) is 5.86. The molecule has 0 saturated heterocycles. The van der Waals surface area contributed by atoms with E-state index in [1.54, 1.807) is 6.92 Å². The third kappa shape index (κ3) is 5.50. The van der Waals surface area contributed by atoms with E-state index in [1.807, 2.05) is 0 Å². The van der Waals surface area contributed by atoms with Crippen LogP contribution in [-0.2, 0) is 0 Å². The molecule has 0 heterocycles. The van der Waals surface area contributed by atoms with Gasteiger partial charge in [-0.05, 0) is 19.9 Å². The molecule has 0 rings (SSSR count). The van der Waals surface area contributed by atoms with Gasteiger partial charge in [0.05, 0.1) is 11.9 Å². The summed E-state index contributed by atoms with van der Waals surface area (Å²) in [4.78, 5) is 0. The van der Waals surface area contributed by atoms with Crippen molar-refractivity contribution < 1.29 is 10.2 Å². The Labute approximate surface area is 43.1 Å². The summed E-state index contributed by atoms with van der Waals surface area (Å²) in [6.45, 7) is 3.10. The van der Waals surface area contributed by atoms with E-state index < -0.39 is 6.10 Å². The Morgan fingerprint density at radius 3 is 2.14 bits per heavy atom. The summed E-state index contributed by atoms with van der Waals surface area (Å²) < 4.78 is 0. The first-order valence-electron chi connectivity index (χ1n) is 2.18. The molecule has 0 saturated carbocycles. The van der Waals surface area contributed by atoms with E-state index in [0.717, 1.165) is 0 Å². The fraction of sp³-hybridized carbons (Fsp3) is 0.600. The SMILES string of the molecule is C/C(O)=C/[C@H](C)O. The van der Waals surface area contributed by atoms with Gasteiger partial charge >= 0.3 is 0 Å². The van der Waals surface area contributed by atoms with Crippen LogP contribution in [0.5, 0.6) is 0 Å². The number of aliphatic hydroxyl groups is 2. The molecule has 0 amide bonds. The normalized spacial score (nSPS) is 16.7. The van der Waals surface area contributed by atoms with Crippen LogP contribution in [-0.4, -0.2) is 16.3 Å². The molecule has 0 bridgehead atoms. The Bertz CT molecular complexity index is 70.1. The van der Waals surface area contributed by atoms with E-state index in [9.17, 15) is 0 Å². The number of hydrogen-bond acceptors (Lipinski definition) is 2. The Kier molecular flexibility index (Phi) is 2.45. The summed E-state index contributed by atoms with van der Waals surface area (Å²) in [5, 5.41) is 16.9. The van der Waals surface area contributed by atoms with Gasteiger partial charge in [0.25, 0.3) is 0 Å². The summed E-state index contributed by atoms with van der Waals surface area (Å²) in [7, 11) is 0. The minimum atomic E-state index is -0.537. The van der Waals surface area contributed by atoms with Crippen LogP contribution >= 0.6 is 0 Å². The van der Waals surface area contributed by atoms with E-state index in [4.69, 9.17) is 10.2 Å². The maximum atomic E-state index is 8.49. The fourth-order valence-electron chi connectivity index (χ4n) is 0.349. The zero-order valence-electron chi connectivity index (χ0n) is 4.55. The van der Waals surface area contributed by atoms with E-state index in [2.05, 4.69) is 0 Å². The summed E-state index contributed by atoms with van der Waals surface area (Å²) in [6, 6.07) is 0. The van der Waals surface area contributed by atoms with Gasteiger partial charge in [-0.1, -0.05) is 0 Å². The van der Waals surface area contributed by atoms with Crippen molar-refractivity contribution in [1.82, 2.24) is 0 Å². The second-order valence-corrected chi connectivity index (χ2v) is 1.55. The summed E-state index contributed by atoms with van der Waals surface area (Å²) in [5.41, 5.74) is 0. The lowest BCUT2D eigenvalue weighted by Crippen LogP contribution is -1.93. The van der Waals surface area contributed by atoms with Gasteiger partial charge in [0, 0.05) is 0 Å². The molecule has 2 heteroatoms. The lowest BCUT2D eigenvalue weighted by molar-refractivity contribution is 0.237. The van der Waals surface area contributed by atoms with Gasteiger partial charge in [-0.25, -0.2) is 0 Å². The molecule has 0 aromatic carbocycles. The largest absolute Gasteiger partial charge is 0.513 e. The second-order valence-electron chi connectivity index (χ2n) is 1.55. The third-order valence-electron chi connectivity index (χ3n) is 0.482. The van der Waals surface area contributed by atoms with Crippen LogP contribution in [0.15, 0.2) is 11.8 Å². The van der Waals surface area contributed by atoms with Crippen molar-refractivity contribution in [3.63, 3.8) is 0 Å². The van der Waals surface area contributed by atoms with E-state index in [1.165, 1.54) is 13.0 Å². The highest BCUT2D eigenvalue weighted by Crippen LogP contribution is 1.87. The van der Waals surface area contributed by atoms with E-state index >= 15 is 0 Å². The standard InChI is InChI=1S/C5H10O2/c1-4(6)3-5(2)7/h3-4,6-7H,1-2H3/b5-3-/t4-/m0/s1. The van der Waals surface area contributed by atoms with Gasteiger partial charge in [-0.15, -0.1) is 0 Å². The molecule has 1 atom stereocenters. The van der Waals surface area contributed by atoms with Crippen LogP contribution in [0.2, 0.25) is 0 Å². The predicted octanol–water partition coefficient (Wildman–Crippen LogP) is 0.829. The average Bonchev–Trinajstić information content (AvgIpc) is 1.27. The minimum Gasteiger partial charge on any atom is -0.513 e. The molecule has 0 radical (unpaired) electrons. The molecule has 42 valence electrons. The van der Waals surface area contributed by atoms with Crippen molar-refractivity contribution in [2.24, 2.45) is 0 Å². The molecule has 2 N–H and O–H groups in total. The first kappa shape index (κ1) is 6.50.